The summed E-state index contributed by atoms with van der Waals surface area (Å²) in [4.78, 5) is 12.8. The summed E-state index contributed by atoms with van der Waals surface area (Å²) in [5, 5.41) is 8.83. The van der Waals surface area contributed by atoms with Gasteiger partial charge >= 0.3 is 5.97 Å². The average molecular weight is 216 g/mol. The maximum atomic E-state index is 10.8. The molecule has 0 radical (unpaired) electrons. The molecular formula is C10H20N2O3. The Hall–Kier alpha value is -0.650. The number of nitrogens with two attached hydrogens (primary N) is 1. The lowest BCUT2D eigenvalue weighted by Gasteiger charge is -2.39. The third-order valence-electron chi connectivity index (χ3n) is 2.83. The first-order valence-electron chi connectivity index (χ1n) is 5.29. The van der Waals surface area contributed by atoms with E-state index in [-0.39, 0.29) is 18.2 Å². The number of aliphatic carboxylic acids is 1. The van der Waals surface area contributed by atoms with Gasteiger partial charge in [0.05, 0.1) is 12.2 Å². The van der Waals surface area contributed by atoms with Gasteiger partial charge in [0.15, 0.2) is 0 Å². The maximum absolute atomic E-state index is 10.8. The molecule has 4 atom stereocenters. The van der Waals surface area contributed by atoms with Gasteiger partial charge in [-0.3, -0.25) is 9.69 Å². The van der Waals surface area contributed by atoms with Gasteiger partial charge in [0.1, 0.15) is 6.04 Å². The summed E-state index contributed by atoms with van der Waals surface area (Å²) in [7, 11) is 0. The van der Waals surface area contributed by atoms with Crippen LogP contribution in [0.2, 0.25) is 0 Å². The van der Waals surface area contributed by atoms with Crippen molar-refractivity contribution in [3.63, 3.8) is 0 Å². The summed E-state index contributed by atoms with van der Waals surface area (Å²) >= 11 is 0. The summed E-state index contributed by atoms with van der Waals surface area (Å²) in [6.07, 6.45) is 0.273. The van der Waals surface area contributed by atoms with E-state index in [1.165, 1.54) is 0 Å². The van der Waals surface area contributed by atoms with E-state index in [1.54, 1.807) is 0 Å². The molecule has 1 rings (SSSR count). The monoisotopic (exact) mass is 216 g/mol. The third-order valence-corrected chi connectivity index (χ3v) is 2.83. The number of ether oxygens (including phenoxy) is 1. The van der Waals surface area contributed by atoms with Gasteiger partial charge in [-0.1, -0.05) is 0 Å². The summed E-state index contributed by atoms with van der Waals surface area (Å²) in [5.74, 6) is -0.950. The molecule has 2 unspecified atom stereocenters. The number of hydrogen-bond acceptors (Lipinski definition) is 4. The van der Waals surface area contributed by atoms with Crippen LogP contribution < -0.4 is 5.73 Å². The van der Waals surface area contributed by atoms with E-state index < -0.39 is 12.0 Å². The van der Waals surface area contributed by atoms with Crippen LogP contribution >= 0.6 is 0 Å². The molecule has 1 heterocycles. The van der Waals surface area contributed by atoms with Crippen LogP contribution in [0.15, 0.2) is 0 Å². The second-order valence-corrected chi connectivity index (χ2v) is 4.32. The van der Waals surface area contributed by atoms with Crippen LogP contribution in [0.25, 0.3) is 0 Å². The minimum absolute atomic E-state index is 0.136. The number of nitrogens with zero attached hydrogens (tertiary/aromatic N) is 1. The quantitative estimate of drug-likeness (QED) is 0.688. The van der Waals surface area contributed by atoms with E-state index >= 15 is 0 Å². The number of carbonyl (C=O) groups is 1. The van der Waals surface area contributed by atoms with Crippen molar-refractivity contribution in [1.82, 2.24) is 4.90 Å². The molecule has 15 heavy (non-hydrogen) atoms. The molecule has 0 spiro atoms. The molecule has 0 aromatic rings. The van der Waals surface area contributed by atoms with Crippen molar-refractivity contribution in [3.8, 4) is 0 Å². The molecule has 1 aliphatic rings. The first kappa shape index (κ1) is 12.4. The Bertz CT molecular complexity index is 225. The van der Waals surface area contributed by atoms with Crippen molar-refractivity contribution in [2.75, 3.05) is 13.1 Å². The molecule has 0 saturated carbocycles. The van der Waals surface area contributed by atoms with Crippen LogP contribution in [0.5, 0.6) is 0 Å². The number of rotatable bonds is 3. The van der Waals surface area contributed by atoms with Gasteiger partial charge in [-0.2, -0.15) is 0 Å². The van der Waals surface area contributed by atoms with E-state index in [9.17, 15) is 4.79 Å². The van der Waals surface area contributed by atoms with Gasteiger partial charge in [-0.25, -0.2) is 0 Å². The first-order chi connectivity index (χ1) is 6.91. The highest BCUT2D eigenvalue weighted by molar-refractivity contribution is 5.74. The Morgan fingerprint density at radius 1 is 1.47 bits per heavy atom. The minimum Gasteiger partial charge on any atom is -0.480 e. The van der Waals surface area contributed by atoms with Crippen LogP contribution in [-0.2, 0) is 9.53 Å². The zero-order chi connectivity index (χ0) is 11.6. The molecule has 0 aromatic heterocycles. The Kier molecular flexibility index (Phi) is 4.07. The molecule has 0 bridgehead atoms. The van der Waals surface area contributed by atoms with Gasteiger partial charge in [0.2, 0.25) is 0 Å². The Morgan fingerprint density at radius 3 is 2.33 bits per heavy atom. The second kappa shape index (κ2) is 4.92. The van der Waals surface area contributed by atoms with Crippen molar-refractivity contribution in [1.29, 1.82) is 0 Å². The maximum Gasteiger partial charge on any atom is 0.322 e. The normalized spacial score (nSPS) is 32.3. The van der Waals surface area contributed by atoms with E-state index in [4.69, 9.17) is 15.6 Å². The van der Waals surface area contributed by atoms with Gasteiger partial charge in [0, 0.05) is 19.1 Å². The smallest absolute Gasteiger partial charge is 0.322 e. The molecule has 0 aliphatic carbocycles. The van der Waals surface area contributed by atoms with Crippen molar-refractivity contribution < 1.29 is 14.6 Å². The number of carboxylic acid groups (broad SMARTS) is 1. The zero-order valence-corrected chi connectivity index (χ0v) is 9.51. The van der Waals surface area contributed by atoms with Gasteiger partial charge in [0.25, 0.3) is 0 Å². The van der Waals surface area contributed by atoms with E-state index in [2.05, 4.69) is 4.90 Å². The summed E-state index contributed by atoms with van der Waals surface area (Å²) in [5.41, 5.74) is 5.60. The van der Waals surface area contributed by atoms with E-state index in [0.717, 1.165) is 13.1 Å². The fourth-order valence-electron chi connectivity index (χ4n) is 1.98. The summed E-state index contributed by atoms with van der Waals surface area (Å²) in [6, 6.07) is -0.987. The number of carboxylic acids is 1. The zero-order valence-electron chi connectivity index (χ0n) is 9.51. The lowest BCUT2D eigenvalue weighted by molar-refractivity contribution is -0.142. The fourth-order valence-corrected chi connectivity index (χ4v) is 1.98. The molecule has 1 aliphatic heterocycles. The Balaban J connectivity index is 2.58. The molecule has 0 amide bonds. The van der Waals surface area contributed by atoms with E-state index in [1.807, 2.05) is 20.8 Å². The van der Waals surface area contributed by atoms with Gasteiger partial charge in [-0.15, -0.1) is 0 Å². The number of hydrogen-bond donors (Lipinski definition) is 2. The number of morpholine rings is 1. The predicted molar refractivity (Wildman–Crippen MR) is 56.7 cm³/mol. The largest absolute Gasteiger partial charge is 0.480 e. The highest BCUT2D eigenvalue weighted by Crippen LogP contribution is 2.14. The summed E-state index contributed by atoms with van der Waals surface area (Å²) < 4.78 is 5.58. The van der Waals surface area contributed by atoms with Crippen LogP contribution in [0.1, 0.15) is 20.8 Å². The molecule has 0 aromatic carbocycles. The second-order valence-electron chi connectivity index (χ2n) is 4.32. The van der Waals surface area contributed by atoms with Crippen molar-refractivity contribution in [2.24, 2.45) is 5.73 Å². The highest BCUT2D eigenvalue weighted by atomic mass is 16.5. The fraction of sp³-hybridized carbons (Fsp3) is 0.900. The molecule has 3 N–H and O–H groups in total. The Labute approximate surface area is 90.2 Å². The highest BCUT2D eigenvalue weighted by Gasteiger charge is 2.31. The molecule has 5 heteroatoms. The standard InChI is InChI=1S/C10H20N2O3/c1-6-4-12(5-7(2)15-6)8(3)9(11)10(13)14/h6-9H,4-5,11H2,1-3H3,(H,13,14)/t6-,7+,8?,9?. The molecule has 1 fully saturated rings. The average Bonchev–Trinajstić information content (AvgIpc) is 2.13. The van der Waals surface area contributed by atoms with Crippen LogP contribution in [0, 0.1) is 0 Å². The van der Waals surface area contributed by atoms with Crippen molar-refractivity contribution in [3.05, 3.63) is 0 Å². The summed E-state index contributed by atoms with van der Waals surface area (Å²) in [6.45, 7) is 7.31. The molecule has 88 valence electrons. The molecule has 5 nitrogen and oxygen atoms in total. The van der Waals surface area contributed by atoms with Crippen molar-refractivity contribution >= 4 is 5.97 Å². The molecule has 1 saturated heterocycles. The van der Waals surface area contributed by atoms with Crippen LogP contribution in [0.4, 0.5) is 0 Å². The van der Waals surface area contributed by atoms with Crippen LogP contribution in [0.3, 0.4) is 0 Å². The minimum atomic E-state index is -0.950. The Morgan fingerprint density at radius 2 is 1.93 bits per heavy atom. The lowest BCUT2D eigenvalue weighted by atomic mass is 10.1. The van der Waals surface area contributed by atoms with Crippen LogP contribution in [-0.4, -0.2) is 53.4 Å². The topological polar surface area (TPSA) is 75.8 Å². The van der Waals surface area contributed by atoms with E-state index in [0.29, 0.717) is 0 Å². The van der Waals surface area contributed by atoms with Gasteiger partial charge < -0.3 is 15.6 Å². The molecular weight excluding hydrogens is 196 g/mol. The van der Waals surface area contributed by atoms with Crippen molar-refractivity contribution in [2.45, 2.75) is 45.1 Å². The lowest BCUT2D eigenvalue weighted by Crippen LogP contribution is -2.56. The van der Waals surface area contributed by atoms with Gasteiger partial charge in [-0.05, 0) is 20.8 Å². The first-order valence-corrected chi connectivity index (χ1v) is 5.29. The SMILES string of the molecule is CC(C(N)C(=O)O)N1C[C@@H](C)O[C@@H](C)C1. The predicted octanol–water partition coefficient (Wildman–Crippen LogP) is -0.104. The third kappa shape index (κ3) is 3.15.